The molecule has 2 aromatic carbocycles. The number of methoxy groups -OCH3 is 1. The van der Waals surface area contributed by atoms with Gasteiger partial charge in [0.05, 0.1) is 43.0 Å². The molecule has 1 fully saturated rings. The molecule has 1 saturated heterocycles. The number of fused-ring (bicyclic) bond motifs is 1. The number of carboxylic acids is 1. The second-order valence-electron chi connectivity index (χ2n) is 10.7. The van der Waals surface area contributed by atoms with Gasteiger partial charge in [-0.25, -0.2) is 17.6 Å². The van der Waals surface area contributed by atoms with Gasteiger partial charge in [-0.2, -0.15) is 0 Å². The fourth-order valence-corrected chi connectivity index (χ4v) is 5.49. The Hall–Kier alpha value is -3.84. The molecule has 1 aliphatic rings. The van der Waals surface area contributed by atoms with Crippen LogP contribution in [0.15, 0.2) is 36.5 Å². The van der Waals surface area contributed by atoms with Crippen molar-refractivity contribution in [1.29, 1.82) is 0 Å². The monoisotopic (exact) mass is 571 g/mol. The van der Waals surface area contributed by atoms with Crippen molar-refractivity contribution in [1.82, 2.24) is 9.88 Å². The van der Waals surface area contributed by atoms with Gasteiger partial charge in [-0.05, 0) is 62.4 Å². The van der Waals surface area contributed by atoms with E-state index in [0.717, 1.165) is 0 Å². The number of alkyl halides is 1. The lowest BCUT2D eigenvalue weighted by Gasteiger charge is -2.41. The number of likely N-dealkylation sites (tertiary alicyclic amines) is 1. The van der Waals surface area contributed by atoms with Gasteiger partial charge >= 0.3 is 5.97 Å². The number of piperidine rings is 1. The fraction of sp³-hybridized carbons (Fsp3) is 0.419. The third kappa shape index (κ3) is 7.09. The summed E-state index contributed by atoms with van der Waals surface area (Å²) in [4.78, 5) is 20.1. The highest BCUT2D eigenvalue weighted by Crippen LogP contribution is 2.44. The van der Waals surface area contributed by atoms with Crippen molar-refractivity contribution < 1.29 is 32.2 Å². The fourth-order valence-electron chi connectivity index (χ4n) is 5.49. The Morgan fingerprint density at radius 1 is 1.17 bits per heavy atom. The average Bonchev–Trinajstić information content (AvgIpc) is 2.92. The van der Waals surface area contributed by atoms with Gasteiger partial charge in [-0.3, -0.25) is 14.7 Å². The van der Waals surface area contributed by atoms with Crippen LogP contribution in [-0.2, 0) is 4.79 Å². The third-order valence-corrected chi connectivity index (χ3v) is 7.78. The zero-order valence-electron chi connectivity index (χ0n) is 23.3. The quantitative estimate of drug-likeness (QED) is 0.246. The van der Waals surface area contributed by atoms with Gasteiger partial charge in [0.1, 0.15) is 29.4 Å². The molecule has 1 N–H and O–H groups in total. The van der Waals surface area contributed by atoms with E-state index in [0.29, 0.717) is 72.4 Å². The number of hydrogen-bond acceptors (Lipinski definition) is 5. The van der Waals surface area contributed by atoms with E-state index < -0.39 is 40.6 Å². The number of carboxylic acid groups (broad SMARTS) is 1. The van der Waals surface area contributed by atoms with Crippen molar-refractivity contribution in [2.24, 2.45) is 5.41 Å². The second kappa shape index (κ2) is 12.8. The summed E-state index contributed by atoms with van der Waals surface area (Å²) >= 11 is 0. The van der Waals surface area contributed by atoms with Crippen LogP contribution in [0.2, 0.25) is 0 Å². The predicted octanol–water partition coefficient (Wildman–Crippen LogP) is 6.13. The lowest BCUT2D eigenvalue weighted by molar-refractivity contribution is -0.141. The van der Waals surface area contributed by atoms with Gasteiger partial charge in [0.2, 0.25) is 0 Å². The number of halogens is 4. The number of ether oxygens (including phenoxy) is 1. The SMILES string of the molecule is COc1ccc2ncc(N(C)C)c([C@@H](F)CCC3(CC(=O)O)CCN(CC#Cc4c(F)cc(F)cc4F)CC3)c2c1. The Morgan fingerprint density at radius 3 is 2.46 bits per heavy atom. The molecule has 218 valence electrons. The standard InChI is InChI=1S/C31H33F4N3O3/c1-37(2)28-19-36-27-7-6-21(41-3)17-23(27)30(28)24(33)8-9-31(18-29(39)40)10-13-38(14-11-31)12-4-5-22-25(34)15-20(32)16-26(22)35/h6-7,15-17,19,24H,8-14,18H2,1-3H3,(H,39,40)/t24-/m0/s1. The Labute approximate surface area is 236 Å². The third-order valence-electron chi connectivity index (χ3n) is 7.78. The Morgan fingerprint density at radius 2 is 1.85 bits per heavy atom. The minimum Gasteiger partial charge on any atom is -0.497 e. The minimum atomic E-state index is -1.36. The highest BCUT2D eigenvalue weighted by atomic mass is 19.1. The average molecular weight is 572 g/mol. The molecule has 4 rings (SSSR count). The summed E-state index contributed by atoms with van der Waals surface area (Å²) < 4.78 is 62.4. The molecule has 0 spiro atoms. The maximum absolute atomic E-state index is 16.1. The van der Waals surface area contributed by atoms with E-state index >= 15 is 4.39 Å². The lowest BCUT2D eigenvalue weighted by Crippen LogP contribution is -2.41. The van der Waals surface area contributed by atoms with Crippen molar-refractivity contribution in [2.75, 3.05) is 45.7 Å². The molecule has 1 aromatic heterocycles. The van der Waals surface area contributed by atoms with Crippen molar-refractivity contribution >= 4 is 22.6 Å². The van der Waals surface area contributed by atoms with Crippen molar-refractivity contribution in [3.63, 3.8) is 0 Å². The van der Waals surface area contributed by atoms with Crippen molar-refractivity contribution in [3.05, 3.63) is 65.1 Å². The number of benzene rings is 2. The maximum Gasteiger partial charge on any atom is 0.303 e. The summed E-state index contributed by atoms with van der Waals surface area (Å²) in [6.07, 6.45) is 1.72. The molecule has 6 nitrogen and oxygen atoms in total. The van der Waals surface area contributed by atoms with E-state index in [4.69, 9.17) is 4.74 Å². The van der Waals surface area contributed by atoms with Gasteiger partial charge in [0, 0.05) is 37.2 Å². The van der Waals surface area contributed by atoms with Gasteiger partial charge in [-0.1, -0.05) is 11.8 Å². The number of anilines is 1. The number of carbonyl (C=O) groups is 1. The highest BCUT2D eigenvalue weighted by Gasteiger charge is 2.37. The van der Waals surface area contributed by atoms with Gasteiger partial charge < -0.3 is 14.7 Å². The van der Waals surface area contributed by atoms with Crippen LogP contribution in [0, 0.1) is 34.7 Å². The largest absolute Gasteiger partial charge is 0.497 e. The van der Waals surface area contributed by atoms with Crippen LogP contribution >= 0.6 is 0 Å². The van der Waals surface area contributed by atoms with Gasteiger partial charge in [0.25, 0.3) is 0 Å². The molecule has 0 aliphatic carbocycles. The van der Waals surface area contributed by atoms with Crippen LogP contribution in [0.25, 0.3) is 10.9 Å². The van der Waals surface area contributed by atoms with E-state index in [1.165, 1.54) is 0 Å². The van der Waals surface area contributed by atoms with E-state index in [1.54, 1.807) is 31.5 Å². The second-order valence-corrected chi connectivity index (χ2v) is 10.7. The van der Waals surface area contributed by atoms with Crippen LogP contribution in [0.3, 0.4) is 0 Å². The number of pyridine rings is 1. The minimum absolute atomic E-state index is 0.0866. The number of rotatable bonds is 9. The van der Waals surface area contributed by atoms with Gasteiger partial charge in [-0.15, -0.1) is 0 Å². The van der Waals surface area contributed by atoms with E-state index in [2.05, 4.69) is 16.8 Å². The zero-order chi connectivity index (χ0) is 29.7. The van der Waals surface area contributed by atoms with Crippen LogP contribution in [-0.4, -0.2) is 61.8 Å². The summed E-state index contributed by atoms with van der Waals surface area (Å²) in [6, 6.07) is 6.49. The first-order chi connectivity index (χ1) is 19.5. The van der Waals surface area contributed by atoms with Crippen molar-refractivity contribution in [3.8, 4) is 17.6 Å². The topological polar surface area (TPSA) is 65.9 Å². The molecule has 0 bridgehead atoms. The first kappa shape index (κ1) is 30.1. The van der Waals surface area contributed by atoms with Crippen LogP contribution in [0.5, 0.6) is 5.75 Å². The molecule has 0 amide bonds. The zero-order valence-corrected chi connectivity index (χ0v) is 23.3. The summed E-state index contributed by atoms with van der Waals surface area (Å²) in [7, 11) is 5.19. The number of hydrogen-bond donors (Lipinski definition) is 1. The van der Waals surface area contributed by atoms with Crippen LogP contribution in [0.1, 0.15) is 49.4 Å². The Kier molecular flexibility index (Phi) is 9.38. The summed E-state index contributed by atoms with van der Waals surface area (Å²) in [5.41, 5.74) is 0.694. The Bertz CT molecular complexity index is 1450. The first-order valence-electron chi connectivity index (χ1n) is 13.4. The van der Waals surface area contributed by atoms with E-state index in [-0.39, 0.29) is 19.4 Å². The Balaban J connectivity index is 1.48. The maximum atomic E-state index is 16.1. The van der Waals surface area contributed by atoms with E-state index in [9.17, 15) is 23.1 Å². The molecule has 1 aliphatic heterocycles. The lowest BCUT2D eigenvalue weighted by atomic mass is 9.71. The molecular weight excluding hydrogens is 538 g/mol. The highest BCUT2D eigenvalue weighted by molar-refractivity contribution is 5.88. The van der Waals surface area contributed by atoms with Crippen LogP contribution < -0.4 is 9.64 Å². The van der Waals surface area contributed by atoms with Gasteiger partial charge in [0.15, 0.2) is 0 Å². The summed E-state index contributed by atoms with van der Waals surface area (Å²) in [5, 5.41) is 10.3. The molecule has 1 atom stereocenters. The molecule has 0 saturated carbocycles. The molecular formula is C31H33F4N3O3. The van der Waals surface area contributed by atoms with Crippen molar-refractivity contribution in [2.45, 2.75) is 38.3 Å². The number of nitrogens with zero attached hydrogens (tertiary/aromatic N) is 3. The van der Waals surface area contributed by atoms with Crippen LogP contribution in [0.4, 0.5) is 23.2 Å². The predicted molar refractivity (Wildman–Crippen MR) is 149 cm³/mol. The normalized spacial score (nSPS) is 15.7. The number of aliphatic carboxylic acids is 1. The molecule has 10 heteroatoms. The molecule has 41 heavy (non-hydrogen) atoms. The summed E-state index contributed by atoms with van der Waals surface area (Å²) in [5.74, 6) is 1.68. The number of aromatic nitrogens is 1. The molecule has 0 unspecified atom stereocenters. The molecule has 3 aromatic rings. The smallest absolute Gasteiger partial charge is 0.303 e. The molecule has 2 heterocycles. The summed E-state index contributed by atoms with van der Waals surface area (Å²) in [6.45, 7) is 1.22. The molecule has 0 radical (unpaired) electrons. The van der Waals surface area contributed by atoms with E-state index in [1.807, 2.05) is 23.9 Å². The first-order valence-corrected chi connectivity index (χ1v) is 13.4.